The van der Waals surface area contributed by atoms with Crippen LogP contribution >= 0.6 is 23.2 Å². The largest absolute Gasteiger partial charge is 0.478 e. The molecular formula is C21H26Cl2N2O4S. The molecule has 30 heavy (non-hydrogen) atoms. The van der Waals surface area contributed by atoms with Gasteiger partial charge in [0.25, 0.3) is 10.0 Å². The number of nitrogens with zero attached hydrogens (tertiary/aromatic N) is 1. The molecule has 0 unspecified atom stereocenters. The van der Waals surface area contributed by atoms with E-state index in [0.717, 1.165) is 0 Å². The van der Waals surface area contributed by atoms with Crippen LogP contribution < -0.4 is 9.62 Å². The number of carboxylic acids is 1. The summed E-state index contributed by atoms with van der Waals surface area (Å²) in [5, 5.41) is 10.1. The molecule has 2 aromatic rings. The van der Waals surface area contributed by atoms with Crippen LogP contribution in [-0.4, -0.2) is 32.6 Å². The highest BCUT2D eigenvalue weighted by molar-refractivity contribution is 7.92. The van der Waals surface area contributed by atoms with Gasteiger partial charge >= 0.3 is 5.97 Å². The molecule has 0 saturated heterocycles. The minimum Gasteiger partial charge on any atom is -0.478 e. The molecule has 2 N–H and O–H groups in total. The summed E-state index contributed by atoms with van der Waals surface area (Å²) in [5.41, 5.74) is 0.740. The zero-order valence-corrected chi connectivity index (χ0v) is 19.6. The van der Waals surface area contributed by atoms with Crippen molar-refractivity contribution in [3.63, 3.8) is 0 Å². The molecule has 0 aliphatic carbocycles. The number of sulfonamides is 1. The lowest BCUT2D eigenvalue weighted by Gasteiger charge is -2.30. The van der Waals surface area contributed by atoms with Gasteiger partial charge in [-0.1, -0.05) is 50.9 Å². The van der Waals surface area contributed by atoms with Crippen LogP contribution in [0.3, 0.4) is 0 Å². The van der Waals surface area contributed by atoms with Gasteiger partial charge in [-0.05, 0) is 48.2 Å². The van der Waals surface area contributed by atoms with Crippen molar-refractivity contribution in [2.24, 2.45) is 11.8 Å². The van der Waals surface area contributed by atoms with E-state index in [1.54, 1.807) is 12.1 Å². The maximum absolute atomic E-state index is 12.7. The van der Waals surface area contributed by atoms with Gasteiger partial charge in [-0.2, -0.15) is 0 Å². The van der Waals surface area contributed by atoms with Gasteiger partial charge in [-0.15, -0.1) is 0 Å². The third-order valence-corrected chi connectivity index (χ3v) is 6.31. The summed E-state index contributed by atoms with van der Waals surface area (Å²) < 4.78 is 27.8. The summed E-state index contributed by atoms with van der Waals surface area (Å²) in [6.45, 7) is 9.63. The van der Waals surface area contributed by atoms with E-state index in [4.69, 9.17) is 23.2 Å². The molecule has 0 amide bonds. The number of hydrogen-bond donors (Lipinski definition) is 2. The molecule has 0 saturated carbocycles. The maximum Gasteiger partial charge on any atom is 0.337 e. The Bertz CT molecular complexity index is 1010. The van der Waals surface area contributed by atoms with Gasteiger partial charge in [0.2, 0.25) is 0 Å². The number of halogens is 2. The molecule has 164 valence electrons. The number of nitrogens with one attached hydrogen (secondary N) is 1. The summed E-state index contributed by atoms with van der Waals surface area (Å²) >= 11 is 11.8. The summed E-state index contributed by atoms with van der Waals surface area (Å²) in [4.78, 5) is 13.9. The number of hydrogen-bond acceptors (Lipinski definition) is 4. The zero-order valence-electron chi connectivity index (χ0n) is 17.3. The highest BCUT2D eigenvalue weighted by Crippen LogP contribution is 2.29. The molecule has 0 bridgehead atoms. The van der Waals surface area contributed by atoms with Crippen molar-refractivity contribution in [1.29, 1.82) is 0 Å². The molecule has 6 nitrogen and oxygen atoms in total. The number of benzene rings is 2. The summed E-state index contributed by atoms with van der Waals surface area (Å²) in [6.07, 6.45) is 0. The number of carboxylic acid groups (broad SMARTS) is 1. The third kappa shape index (κ3) is 6.27. The first-order valence-electron chi connectivity index (χ1n) is 9.51. The fourth-order valence-electron chi connectivity index (χ4n) is 3.06. The van der Waals surface area contributed by atoms with Crippen molar-refractivity contribution in [3.05, 3.63) is 52.0 Å². The quantitative estimate of drug-likeness (QED) is 0.494. The molecule has 0 spiro atoms. The smallest absolute Gasteiger partial charge is 0.337 e. The minimum atomic E-state index is -3.97. The molecule has 2 rings (SSSR count). The first kappa shape index (κ1) is 24.3. The molecule has 2 aromatic carbocycles. The van der Waals surface area contributed by atoms with Crippen LogP contribution in [0.2, 0.25) is 10.0 Å². The SMILES string of the molecule is CC(C)CN(CC(C)C)c1ccc(NS(=O)(=O)c2ccc(Cl)c(Cl)c2)cc1C(=O)O. The Balaban J connectivity index is 2.42. The Morgan fingerprint density at radius 2 is 1.60 bits per heavy atom. The Morgan fingerprint density at radius 1 is 1.00 bits per heavy atom. The highest BCUT2D eigenvalue weighted by atomic mass is 35.5. The maximum atomic E-state index is 12.7. The first-order valence-corrected chi connectivity index (χ1v) is 11.7. The molecule has 0 fully saturated rings. The predicted octanol–water partition coefficient (Wildman–Crippen LogP) is 5.61. The molecule has 0 aliphatic rings. The molecule has 0 atom stereocenters. The van der Waals surface area contributed by atoms with E-state index in [-0.39, 0.29) is 26.2 Å². The van der Waals surface area contributed by atoms with Crippen LogP contribution in [0.5, 0.6) is 0 Å². The van der Waals surface area contributed by atoms with Crippen LogP contribution in [0.15, 0.2) is 41.3 Å². The molecule has 9 heteroatoms. The van der Waals surface area contributed by atoms with E-state index < -0.39 is 16.0 Å². The summed E-state index contributed by atoms with van der Waals surface area (Å²) in [6, 6.07) is 8.49. The number of anilines is 2. The van der Waals surface area contributed by atoms with E-state index in [1.807, 2.05) is 4.90 Å². The normalized spacial score (nSPS) is 11.7. The Labute approximate surface area is 187 Å². The molecule has 0 aliphatic heterocycles. The van der Waals surface area contributed by atoms with Crippen molar-refractivity contribution >= 4 is 50.6 Å². The molecule has 0 radical (unpaired) electrons. The van der Waals surface area contributed by atoms with Crippen LogP contribution in [0, 0.1) is 11.8 Å². The van der Waals surface area contributed by atoms with Crippen LogP contribution in [0.1, 0.15) is 38.1 Å². The standard InChI is InChI=1S/C21H26Cl2N2O4S/c1-13(2)11-25(12-14(3)4)20-8-5-15(9-17(20)21(26)27)24-30(28,29)16-6-7-18(22)19(23)10-16/h5-10,13-14,24H,11-12H2,1-4H3,(H,26,27). The summed E-state index contributed by atoms with van der Waals surface area (Å²) in [7, 11) is -3.97. The van der Waals surface area contributed by atoms with Gasteiger partial charge in [0.15, 0.2) is 0 Å². The average Bonchev–Trinajstić information content (AvgIpc) is 2.62. The average molecular weight is 473 g/mol. The van der Waals surface area contributed by atoms with Gasteiger partial charge in [0.1, 0.15) is 0 Å². The third-order valence-electron chi connectivity index (χ3n) is 4.19. The number of rotatable bonds is 9. The predicted molar refractivity (Wildman–Crippen MR) is 123 cm³/mol. The lowest BCUT2D eigenvalue weighted by molar-refractivity contribution is 0.0697. The van der Waals surface area contributed by atoms with Crippen LogP contribution in [-0.2, 0) is 10.0 Å². The van der Waals surface area contributed by atoms with Crippen LogP contribution in [0.25, 0.3) is 0 Å². The topological polar surface area (TPSA) is 86.7 Å². The lowest BCUT2D eigenvalue weighted by atomic mass is 10.1. The Morgan fingerprint density at radius 3 is 2.10 bits per heavy atom. The van der Waals surface area contributed by atoms with Gasteiger partial charge in [0, 0.05) is 18.8 Å². The highest BCUT2D eigenvalue weighted by Gasteiger charge is 2.21. The van der Waals surface area contributed by atoms with E-state index in [9.17, 15) is 18.3 Å². The molecule has 0 aromatic heterocycles. The van der Waals surface area contributed by atoms with Gasteiger partial charge in [-0.3, -0.25) is 4.72 Å². The lowest BCUT2D eigenvalue weighted by Crippen LogP contribution is -2.32. The van der Waals surface area contributed by atoms with Crippen molar-refractivity contribution < 1.29 is 18.3 Å². The van der Waals surface area contributed by atoms with E-state index in [1.165, 1.54) is 24.3 Å². The first-order chi connectivity index (χ1) is 13.9. The minimum absolute atomic E-state index is 0.0330. The van der Waals surface area contributed by atoms with Crippen molar-refractivity contribution in [3.8, 4) is 0 Å². The van der Waals surface area contributed by atoms with Gasteiger partial charge in [0.05, 0.1) is 26.2 Å². The van der Waals surface area contributed by atoms with Gasteiger partial charge < -0.3 is 10.0 Å². The summed E-state index contributed by atoms with van der Waals surface area (Å²) in [5.74, 6) is -0.463. The second kappa shape index (κ2) is 9.90. The van der Waals surface area contributed by atoms with Gasteiger partial charge in [-0.25, -0.2) is 13.2 Å². The van der Waals surface area contributed by atoms with Crippen molar-refractivity contribution in [2.45, 2.75) is 32.6 Å². The molecular weight excluding hydrogens is 447 g/mol. The van der Waals surface area contributed by atoms with E-state index in [0.29, 0.717) is 30.6 Å². The van der Waals surface area contributed by atoms with E-state index >= 15 is 0 Å². The molecule has 0 heterocycles. The second-order valence-electron chi connectivity index (χ2n) is 7.91. The zero-order chi connectivity index (χ0) is 22.6. The monoisotopic (exact) mass is 472 g/mol. The number of carbonyl (C=O) groups is 1. The Kier molecular flexibility index (Phi) is 8.02. The fourth-order valence-corrected chi connectivity index (χ4v) is 4.50. The fraction of sp³-hybridized carbons (Fsp3) is 0.381. The van der Waals surface area contributed by atoms with E-state index in [2.05, 4.69) is 32.4 Å². The Hall–Kier alpha value is -1.96. The van der Waals surface area contributed by atoms with Crippen LogP contribution in [0.4, 0.5) is 11.4 Å². The van der Waals surface area contributed by atoms with Crippen molar-refractivity contribution in [2.75, 3.05) is 22.7 Å². The van der Waals surface area contributed by atoms with Crippen molar-refractivity contribution in [1.82, 2.24) is 0 Å². The second-order valence-corrected chi connectivity index (χ2v) is 10.4. The number of aromatic carboxylic acids is 1.